The molecule has 0 radical (unpaired) electrons. The molecule has 2 amide bonds. The fourth-order valence-electron chi connectivity index (χ4n) is 1.32. The Morgan fingerprint density at radius 3 is 2.44 bits per heavy atom. The number of urea groups is 1. The first-order chi connectivity index (χ1) is 8.56. The summed E-state index contributed by atoms with van der Waals surface area (Å²) in [6.45, 7) is 1.65. The lowest BCUT2D eigenvalue weighted by molar-refractivity contribution is -0.137. The van der Waals surface area contributed by atoms with Crippen LogP contribution in [0.2, 0.25) is 0 Å². The highest BCUT2D eigenvalue weighted by atomic mass is 16.4. The molecule has 0 aromatic heterocycles. The van der Waals surface area contributed by atoms with E-state index in [0.29, 0.717) is 17.8 Å². The smallest absolute Gasteiger partial charge is 0.323 e. The lowest BCUT2D eigenvalue weighted by Crippen LogP contribution is -2.38. The number of amides is 2. The van der Waals surface area contributed by atoms with Crippen molar-refractivity contribution in [3.05, 3.63) is 29.8 Å². The molecule has 94 valence electrons. The Balaban J connectivity index is 2.67. The molecule has 6 nitrogen and oxygen atoms in total. The molecular formula is C12H13N3O3. The molecule has 0 heterocycles. The first kappa shape index (κ1) is 13.5. The maximum atomic E-state index is 11.7. The minimum absolute atomic E-state index is 0.300. The number of rotatable bonds is 4. The van der Waals surface area contributed by atoms with Crippen LogP contribution in [0.15, 0.2) is 24.3 Å². The van der Waals surface area contributed by atoms with Gasteiger partial charge in [-0.2, -0.15) is 5.26 Å². The maximum Gasteiger partial charge on any atom is 0.323 e. The standard InChI is InChI=1S/C12H13N3O3/c1-2-15(8-11(16)17)12(18)14-10-5-3-9(7-13)4-6-10/h3-6H,2,8H2,1H3,(H,14,18)(H,16,17). The monoisotopic (exact) mass is 247 g/mol. The first-order valence-electron chi connectivity index (χ1n) is 5.34. The summed E-state index contributed by atoms with van der Waals surface area (Å²) < 4.78 is 0. The molecule has 2 N–H and O–H groups in total. The number of carbonyl (C=O) groups excluding carboxylic acids is 1. The normalized spacial score (nSPS) is 9.33. The second kappa shape index (κ2) is 6.25. The van der Waals surface area contributed by atoms with Crippen LogP contribution in [-0.4, -0.2) is 35.1 Å². The molecule has 0 aliphatic heterocycles. The van der Waals surface area contributed by atoms with Gasteiger partial charge in [0.2, 0.25) is 0 Å². The van der Waals surface area contributed by atoms with Gasteiger partial charge >= 0.3 is 12.0 Å². The van der Waals surface area contributed by atoms with Crippen LogP contribution in [0, 0.1) is 11.3 Å². The third kappa shape index (κ3) is 3.79. The molecule has 0 aliphatic carbocycles. The van der Waals surface area contributed by atoms with Crippen molar-refractivity contribution in [3.63, 3.8) is 0 Å². The molecule has 0 saturated heterocycles. The van der Waals surface area contributed by atoms with Gasteiger partial charge in [0, 0.05) is 12.2 Å². The topological polar surface area (TPSA) is 93.4 Å². The second-order valence-electron chi connectivity index (χ2n) is 3.53. The Kier molecular flexibility index (Phi) is 4.69. The average molecular weight is 247 g/mol. The fourth-order valence-corrected chi connectivity index (χ4v) is 1.32. The number of benzene rings is 1. The molecule has 1 rings (SSSR count). The summed E-state index contributed by atoms with van der Waals surface area (Å²) in [6, 6.07) is 7.81. The Bertz CT molecular complexity index is 476. The van der Waals surface area contributed by atoms with E-state index in [1.165, 1.54) is 4.90 Å². The third-order valence-electron chi connectivity index (χ3n) is 2.26. The number of aliphatic carboxylic acids is 1. The number of hydrogen-bond donors (Lipinski definition) is 2. The zero-order chi connectivity index (χ0) is 13.5. The summed E-state index contributed by atoms with van der Waals surface area (Å²) >= 11 is 0. The fraction of sp³-hybridized carbons (Fsp3) is 0.250. The van der Waals surface area contributed by atoms with Crippen LogP contribution in [0.3, 0.4) is 0 Å². The Labute approximate surface area is 104 Å². The summed E-state index contributed by atoms with van der Waals surface area (Å²) in [7, 11) is 0. The predicted octanol–water partition coefficient (Wildman–Crippen LogP) is 1.50. The molecule has 1 aromatic carbocycles. The van der Waals surface area contributed by atoms with Gasteiger partial charge < -0.3 is 15.3 Å². The molecule has 0 unspecified atom stereocenters. The number of nitriles is 1. The number of likely N-dealkylation sites (N-methyl/N-ethyl adjacent to an activating group) is 1. The molecule has 18 heavy (non-hydrogen) atoms. The van der Waals surface area contributed by atoms with Crippen molar-refractivity contribution in [1.29, 1.82) is 5.26 Å². The lowest BCUT2D eigenvalue weighted by Gasteiger charge is -2.19. The number of hydrogen-bond acceptors (Lipinski definition) is 3. The van der Waals surface area contributed by atoms with Gasteiger partial charge in [-0.05, 0) is 31.2 Å². The molecule has 6 heteroatoms. The quantitative estimate of drug-likeness (QED) is 0.843. The molecule has 0 bridgehead atoms. The Hall–Kier alpha value is -2.55. The van der Waals surface area contributed by atoms with Crippen LogP contribution in [0.5, 0.6) is 0 Å². The van der Waals surface area contributed by atoms with Gasteiger partial charge in [-0.1, -0.05) is 0 Å². The zero-order valence-corrected chi connectivity index (χ0v) is 9.88. The van der Waals surface area contributed by atoms with Crippen molar-refractivity contribution in [1.82, 2.24) is 4.90 Å². The van der Waals surface area contributed by atoms with Crippen molar-refractivity contribution in [2.75, 3.05) is 18.4 Å². The summed E-state index contributed by atoms with van der Waals surface area (Å²) in [5.74, 6) is -1.06. The second-order valence-corrected chi connectivity index (χ2v) is 3.53. The van der Waals surface area contributed by atoms with Crippen LogP contribution in [0.1, 0.15) is 12.5 Å². The van der Waals surface area contributed by atoms with Crippen molar-refractivity contribution < 1.29 is 14.7 Å². The van der Waals surface area contributed by atoms with Crippen LogP contribution in [0.4, 0.5) is 10.5 Å². The molecule has 0 aliphatic rings. The SMILES string of the molecule is CCN(CC(=O)O)C(=O)Nc1ccc(C#N)cc1. The van der Waals surface area contributed by atoms with Crippen LogP contribution in [0.25, 0.3) is 0 Å². The minimum atomic E-state index is -1.06. The highest BCUT2D eigenvalue weighted by molar-refractivity contribution is 5.91. The van der Waals surface area contributed by atoms with Crippen molar-refractivity contribution in [2.24, 2.45) is 0 Å². The molecule has 0 fully saturated rings. The van der Waals surface area contributed by atoms with Gasteiger partial charge in [0.25, 0.3) is 0 Å². The van der Waals surface area contributed by atoms with E-state index >= 15 is 0 Å². The van der Waals surface area contributed by atoms with Gasteiger partial charge in [-0.25, -0.2) is 4.79 Å². The van der Waals surface area contributed by atoms with Gasteiger partial charge in [0.15, 0.2) is 0 Å². The number of anilines is 1. The van der Waals surface area contributed by atoms with Crippen molar-refractivity contribution in [2.45, 2.75) is 6.92 Å². The highest BCUT2D eigenvalue weighted by Crippen LogP contribution is 2.09. The molecule has 0 spiro atoms. The predicted molar refractivity (Wildman–Crippen MR) is 65.1 cm³/mol. The summed E-state index contributed by atoms with van der Waals surface area (Å²) in [6.07, 6.45) is 0. The van der Waals surface area contributed by atoms with Crippen molar-refractivity contribution in [3.8, 4) is 6.07 Å². The van der Waals surface area contributed by atoms with E-state index < -0.39 is 12.0 Å². The highest BCUT2D eigenvalue weighted by Gasteiger charge is 2.14. The first-order valence-corrected chi connectivity index (χ1v) is 5.34. The number of carbonyl (C=O) groups is 2. The van der Waals surface area contributed by atoms with Crippen LogP contribution < -0.4 is 5.32 Å². The van der Waals surface area contributed by atoms with Crippen LogP contribution in [-0.2, 0) is 4.79 Å². The van der Waals surface area contributed by atoms with Crippen LogP contribution >= 0.6 is 0 Å². The Morgan fingerprint density at radius 2 is 2.00 bits per heavy atom. The van der Waals surface area contributed by atoms with Gasteiger partial charge in [0.1, 0.15) is 6.54 Å². The molecule has 1 aromatic rings. The number of nitrogens with zero attached hydrogens (tertiary/aromatic N) is 2. The van der Waals surface area contributed by atoms with E-state index in [4.69, 9.17) is 10.4 Å². The average Bonchev–Trinajstić information content (AvgIpc) is 2.36. The van der Waals surface area contributed by atoms with E-state index in [1.54, 1.807) is 31.2 Å². The van der Waals surface area contributed by atoms with Gasteiger partial charge in [-0.15, -0.1) is 0 Å². The maximum absolute atomic E-state index is 11.7. The van der Waals surface area contributed by atoms with E-state index in [0.717, 1.165) is 0 Å². The molecule has 0 atom stereocenters. The molecular weight excluding hydrogens is 234 g/mol. The Morgan fingerprint density at radius 1 is 1.39 bits per heavy atom. The number of carboxylic acid groups (broad SMARTS) is 1. The number of carboxylic acids is 1. The van der Waals surface area contributed by atoms with E-state index in [-0.39, 0.29) is 6.54 Å². The number of nitrogens with one attached hydrogen (secondary N) is 1. The van der Waals surface area contributed by atoms with Gasteiger partial charge in [0.05, 0.1) is 11.6 Å². The molecule has 0 saturated carbocycles. The largest absolute Gasteiger partial charge is 0.480 e. The third-order valence-corrected chi connectivity index (χ3v) is 2.26. The summed E-state index contributed by atoms with van der Waals surface area (Å²) in [5, 5.41) is 19.8. The summed E-state index contributed by atoms with van der Waals surface area (Å²) in [5.41, 5.74) is 1.01. The summed E-state index contributed by atoms with van der Waals surface area (Å²) in [4.78, 5) is 23.4. The van der Waals surface area contributed by atoms with E-state index in [9.17, 15) is 9.59 Å². The zero-order valence-electron chi connectivity index (χ0n) is 9.88. The minimum Gasteiger partial charge on any atom is -0.480 e. The van der Waals surface area contributed by atoms with E-state index in [1.807, 2.05) is 6.07 Å². The van der Waals surface area contributed by atoms with Gasteiger partial charge in [-0.3, -0.25) is 4.79 Å². The van der Waals surface area contributed by atoms with E-state index in [2.05, 4.69) is 5.32 Å². The van der Waals surface area contributed by atoms with Crippen molar-refractivity contribution >= 4 is 17.7 Å². The lowest BCUT2D eigenvalue weighted by atomic mass is 10.2.